The monoisotopic (exact) mass is 354 g/mol. The number of aromatic amines is 1. The summed E-state index contributed by atoms with van der Waals surface area (Å²) < 4.78 is 1.44. The quantitative estimate of drug-likeness (QED) is 0.527. The number of carbonyl (C=O) groups is 1. The molecule has 3 rings (SSSR count). The Bertz CT molecular complexity index is 976. The Morgan fingerprint density at radius 3 is 2.88 bits per heavy atom. The summed E-state index contributed by atoms with van der Waals surface area (Å²) in [4.78, 5) is 24.1. The number of carbonyl (C=O) groups excluding carboxylic acids is 1. The average molecular weight is 354 g/mol. The van der Waals surface area contributed by atoms with E-state index in [1.54, 1.807) is 13.0 Å². The lowest BCUT2D eigenvalue weighted by atomic mass is 10.1. The van der Waals surface area contributed by atoms with E-state index in [-0.39, 0.29) is 11.6 Å². The van der Waals surface area contributed by atoms with Crippen LogP contribution in [0, 0.1) is 0 Å². The van der Waals surface area contributed by atoms with Crippen LogP contribution in [-0.4, -0.2) is 25.9 Å². The topological polar surface area (TPSA) is 79.8 Å². The largest absolute Gasteiger partial charge is 0.344 e. The number of hydrogen-bond acceptors (Lipinski definition) is 4. The fourth-order valence-electron chi connectivity index (χ4n) is 2.41. The first-order valence-electron chi connectivity index (χ1n) is 7.81. The van der Waals surface area contributed by atoms with Gasteiger partial charge in [0.1, 0.15) is 0 Å². The van der Waals surface area contributed by atoms with Crippen LogP contribution in [0.15, 0.2) is 65.1 Å². The van der Waals surface area contributed by atoms with Crippen molar-refractivity contribution in [2.45, 2.75) is 23.9 Å². The first-order chi connectivity index (χ1) is 12.1. The second-order valence-electron chi connectivity index (χ2n) is 5.52. The van der Waals surface area contributed by atoms with Crippen molar-refractivity contribution in [2.75, 3.05) is 5.32 Å². The second-order valence-corrected chi connectivity index (χ2v) is 6.83. The van der Waals surface area contributed by atoms with Gasteiger partial charge < -0.3 is 5.32 Å². The third-order valence-corrected chi connectivity index (χ3v) is 4.79. The summed E-state index contributed by atoms with van der Waals surface area (Å²) in [6.07, 6.45) is 1.61. The van der Waals surface area contributed by atoms with Crippen LogP contribution in [0.4, 0.5) is 5.69 Å². The molecule has 2 N–H and O–H groups in total. The maximum Gasteiger partial charge on any atom is 0.344 e. The Labute approximate surface area is 148 Å². The van der Waals surface area contributed by atoms with E-state index in [2.05, 4.69) is 22.1 Å². The van der Waals surface area contributed by atoms with Crippen molar-refractivity contribution in [3.8, 4) is 0 Å². The van der Waals surface area contributed by atoms with Gasteiger partial charge in [-0.25, -0.2) is 9.89 Å². The van der Waals surface area contributed by atoms with Gasteiger partial charge in [-0.1, -0.05) is 48.2 Å². The number of H-pyrrole nitrogens is 1. The number of nitrogens with one attached hydrogen (secondary N) is 2. The first-order valence-corrected chi connectivity index (χ1v) is 8.69. The number of allylic oxidation sites excluding steroid dienone is 1. The summed E-state index contributed by atoms with van der Waals surface area (Å²) in [5.41, 5.74) is 0.422. The molecule has 0 aliphatic heterocycles. The molecule has 0 bridgehead atoms. The van der Waals surface area contributed by atoms with Gasteiger partial charge in [0.15, 0.2) is 5.16 Å². The summed E-state index contributed by atoms with van der Waals surface area (Å²) in [7, 11) is 0. The van der Waals surface area contributed by atoms with Crippen molar-refractivity contribution in [1.82, 2.24) is 14.8 Å². The van der Waals surface area contributed by atoms with Crippen molar-refractivity contribution in [2.24, 2.45) is 0 Å². The number of fused-ring (bicyclic) bond motifs is 1. The minimum absolute atomic E-state index is 0.152. The number of nitrogens with zero attached hydrogens (tertiary/aromatic N) is 2. The zero-order valence-corrected chi connectivity index (χ0v) is 14.5. The molecule has 0 radical (unpaired) electrons. The molecule has 7 heteroatoms. The molecule has 1 heterocycles. The smallest absolute Gasteiger partial charge is 0.325 e. The number of benzene rings is 2. The van der Waals surface area contributed by atoms with Crippen molar-refractivity contribution in [3.05, 3.63) is 65.6 Å². The van der Waals surface area contributed by atoms with Crippen LogP contribution in [0.5, 0.6) is 0 Å². The highest BCUT2D eigenvalue weighted by molar-refractivity contribution is 8.00. The van der Waals surface area contributed by atoms with E-state index in [1.165, 1.54) is 16.3 Å². The predicted octanol–water partition coefficient (Wildman–Crippen LogP) is 3.03. The van der Waals surface area contributed by atoms with Gasteiger partial charge in [-0.3, -0.25) is 9.36 Å². The molecule has 0 spiro atoms. The van der Waals surface area contributed by atoms with E-state index in [1.807, 2.05) is 42.5 Å². The minimum Gasteiger partial charge on any atom is -0.325 e. The van der Waals surface area contributed by atoms with Crippen molar-refractivity contribution >= 4 is 34.1 Å². The summed E-state index contributed by atoms with van der Waals surface area (Å²) in [6, 6.07) is 13.7. The highest BCUT2D eigenvalue weighted by atomic mass is 32.2. The number of hydrogen-bond donors (Lipinski definition) is 2. The van der Waals surface area contributed by atoms with E-state index in [9.17, 15) is 9.59 Å². The molecule has 128 valence electrons. The molecule has 6 nitrogen and oxygen atoms in total. The number of aromatic nitrogens is 3. The van der Waals surface area contributed by atoms with E-state index in [0.717, 1.165) is 16.5 Å². The molecule has 1 unspecified atom stereocenters. The van der Waals surface area contributed by atoms with Crippen molar-refractivity contribution in [1.29, 1.82) is 0 Å². The number of amides is 1. The molecule has 1 aromatic heterocycles. The fourth-order valence-corrected chi connectivity index (χ4v) is 3.27. The fraction of sp³-hybridized carbons (Fsp3) is 0.167. The maximum atomic E-state index is 12.5. The van der Waals surface area contributed by atoms with Crippen LogP contribution in [0.2, 0.25) is 0 Å². The van der Waals surface area contributed by atoms with Gasteiger partial charge in [-0.15, -0.1) is 11.7 Å². The molecule has 0 fully saturated rings. The van der Waals surface area contributed by atoms with E-state index >= 15 is 0 Å². The third kappa shape index (κ3) is 3.83. The van der Waals surface area contributed by atoms with Crippen molar-refractivity contribution in [3.63, 3.8) is 0 Å². The van der Waals surface area contributed by atoms with Crippen LogP contribution in [-0.2, 0) is 11.3 Å². The summed E-state index contributed by atoms with van der Waals surface area (Å²) in [6.45, 7) is 5.74. The van der Waals surface area contributed by atoms with Crippen LogP contribution in [0.3, 0.4) is 0 Å². The van der Waals surface area contributed by atoms with Crippen LogP contribution in [0.25, 0.3) is 10.8 Å². The highest BCUT2D eigenvalue weighted by Gasteiger charge is 2.19. The zero-order valence-electron chi connectivity index (χ0n) is 13.7. The molecule has 2 aromatic carbocycles. The summed E-state index contributed by atoms with van der Waals surface area (Å²) in [5, 5.41) is 11.5. The molecule has 0 saturated carbocycles. The van der Waals surface area contributed by atoms with Gasteiger partial charge in [-0.05, 0) is 29.8 Å². The van der Waals surface area contributed by atoms with Gasteiger partial charge >= 0.3 is 5.69 Å². The van der Waals surface area contributed by atoms with Crippen LogP contribution in [0.1, 0.15) is 6.92 Å². The van der Waals surface area contributed by atoms with E-state index < -0.39 is 5.25 Å². The number of thioether (sulfide) groups is 1. The SMILES string of the molecule is C=CCn1c(SC(C)C(=O)Nc2ccc3ccccc3c2)n[nH]c1=O. The first kappa shape index (κ1) is 17.0. The highest BCUT2D eigenvalue weighted by Crippen LogP contribution is 2.23. The zero-order chi connectivity index (χ0) is 17.8. The summed E-state index contributed by atoms with van der Waals surface area (Å²) >= 11 is 1.22. The maximum absolute atomic E-state index is 12.5. The average Bonchev–Trinajstić information content (AvgIpc) is 2.95. The van der Waals surface area contributed by atoms with Gasteiger partial charge in [-0.2, -0.15) is 0 Å². The summed E-state index contributed by atoms with van der Waals surface area (Å²) in [5.74, 6) is -0.152. The molecular formula is C18H18N4O2S. The van der Waals surface area contributed by atoms with Crippen LogP contribution < -0.4 is 11.0 Å². The molecule has 1 atom stereocenters. The molecule has 0 aliphatic carbocycles. The lowest BCUT2D eigenvalue weighted by Crippen LogP contribution is -2.23. The van der Waals surface area contributed by atoms with Gasteiger partial charge in [0, 0.05) is 12.2 Å². The van der Waals surface area contributed by atoms with E-state index in [0.29, 0.717) is 11.7 Å². The molecule has 0 aliphatic rings. The normalized spacial score (nSPS) is 12.0. The Kier molecular flexibility index (Phi) is 5.04. The third-order valence-electron chi connectivity index (χ3n) is 3.70. The molecule has 0 saturated heterocycles. The number of anilines is 1. The van der Waals surface area contributed by atoms with E-state index in [4.69, 9.17) is 0 Å². The van der Waals surface area contributed by atoms with Gasteiger partial charge in [0.2, 0.25) is 5.91 Å². The lowest BCUT2D eigenvalue weighted by Gasteiger charge is -2.12. The lowest BCUT2D eigenvalue weighted by molar-refractivity contribution is -0.115. The molecule has 3 aromatic rings. The molecule has 25 heavy (non-hydrogen) atoms. The Morgan fingerprint density at radius 2 is 2.12 bits per heavy atom. The Hall–Kier alpha value is -2.80. The van der Waals surface area contributed by atoms with Gasteiger partial charge in [0.25, 0.3) is 0 Å². The van der Waals surface area contributed by atoms with Crippen LogP contribution >= 0.6 is 11.8 Å². The Balaban J connectivity index is 1.71. The molecule has 1 amide bonds. The minimum atomic E-state index is -0.412. The van der Waals surface area contributed by atoms with Crippen molar-refractivity contribution < 1.29 is 4.79 Å². The van der Waals surface area contributed by atoms with Gasteiger partial charge in [0.05, 0.1) is 5.25 Å². The Morgan fingerprint density at radius 1 is 1.36 bits per heavy atom. The second kappa shape index (κ2) is 7.40. The number of rotatable bonds is 6. The standard InChI is InChI=1S/C18H18N4O2S/c1-3-10-22-17(24)20-21-18(22)25-12(2)16(23)19-15-9-8-13-6-4-5-7-14(13)11-15/h3-9,11-12H,1,10H2,2H3,(H,19,23)(H,20,24). The predicted molar refractivity (Wildman–Crippen MR) is 101 cm³/mol. The molecular weight excluding hydrogens is 336 g/mol.